The van der Waals surface area contributed by atoms with E-state index in [-0.39, 0.29) is 42.1 Å². The quantitative estimate of drug-likeness (QED) is 0.234. The van der Waals surface area contributed by atoms with Crippen molar-refractivity contribution in [2.24, 2.45) is 22.7 Å². The van der Waals surface area contributed by atoms with Crippen molar-refractivity contribution in [2.45, 2.75) is 102 Å². The van der Waals surface area contributed by atoms with Crippen LogP contribution < -0.4 is 13.9 Å². The molecule has 0 unspecified atom stereocenters. The first-order valence-electron chi connectivity index (χ1n) is 15.1. The molecule has 0 spiro atoms. The van der Waals surface area contributed by atoms with Crippen LogP contribution in [0.4, 0.5) is 0 Å². The standard InChI is InChI=1S/C34H50O4SeSi/c1-31(2,3)40(8,9)38-30-19-20-33(6)28(32(30,4)5)18-21-34(39-24-14-11-10-12-15-24)29(33)22-25-26(36-23-35-7)16-13-17-27(25)37-34/h10-17,28-30H,18-23H2,1-9H3/t28-,29+,30-,33-,34+/m0/s1. The predicted octanol–water partition coefficient (Wildman–Crippen LogP) is 7.57. The molecule has 0 radical (unpaired) electrons. The Morgan fingerprint density at radius 3 is 2.35 bits per heavy atom. The summed E-state index contributed by atoms with van der Waals surface area (Å²) in [5.74, 6) is 2.89. The summed E-state index contributed by atoms with van der Waals surface area (Å²) >= 11 is 0.187. The fraction of sp³-hybridized carbons (Fsp3) is 0.647. The zero-order valence-electron chi connectivity index (χ0n) is 26.1. The van der Waals surface area contributed by atoms with Gasteiger partial charge in [0.1, 0.15) is 0 Å². The molecule has 3 aliphatic rings. The van der Waals surface area contributed by atoms with Gasteiger partial charge in [0.25, 0.3) is 0 Å². The third kappa shape index (κ3) is 5.21. The molecule has 0 saturated heterocycles. The molecule has 0 N–H and O–H groups in total. The average Bonchev–Trinajstić information content (AvgIpc) is 2.88. The second-order valence-electron chi connectivity index (χ2n) is 14.7. The molecule has 5 atom stereocenters. The molecule has 40 heavy (non-hydrogen) atoms. The van der Waals surface area contributed by atoms with Gasteiger partial charge in [0.15, 0.2) is 0 Å². The SMILES string of the molecule is COCOc1cccc2c1C[C@@H]1[C@@]3(C)CC[C@H](O[Si](C)(C)C(C)(C)C)C(C)(C)[C@@H]3CC[C@]1([Se]c1ccccc1)O2. The molecule has 1 heterocycles. The van der Waals surface area contributed by atoms with E-state index in [1.54, 1.807) is 7.11 Å². The first kappa shape index (κ1) is 30.2. The Morgan fingerprint density at radius 2 is 1.68 bits per heavy atom. The van der Waals surface area contributed by atoms with E-state index in [4.69, 9.17) is 18.6 Å². The van der Waals surface area contributed by atoms with E-state index < -0.39 is 8.32 Å². The van der Waals surface area contributed by atoms with E-state index >= 15 is 0 Å². The summed E-state index contributed by atoms with van der Waals surface area (Å²) in [5.41, 5.74) is 1.46. The van der Waals surface area contributed by atoms with Crippen molar-refractivity contribution in [2.75, 3.05) is 13.9 Å². The summed E-state index contributed by atoms with van der Waals surface area (Å²) in [4.78, 5) is 0. The first-order valence-corrected chi connectivity index (χ1v) is 19.7. The molecule has 0 aromatic heterocycles. The van der Waals surface area contributed by atoms with Crippen molar-refractivity contribution < 1.29 is 18.6 Å². The minimum absolute atomic E-state index is 0.0980. The number of fused-ring (bicyclic) bond motifs is 4. The van der Waals surface area contributed by atoms with Gasteiger partial charge in [0, 0.05) is 0 Å². The van der Waals surface area contributed by atoms with Gasteiger partial charge < -0.3 is 0 Å². The van der Waals surface area contributed by atoms with Gasteiger partial charge in [0.2, 0.25) is 0 Å². The number of benzene rings is 2. The monoisotopic (exact) mass is 630 g/mol. The molecule has 6 heteroatoms. The van der Waals surface area contributed by atoms with Crippen molar-refractivity contribution >= 4 is 27.7 Å². The Labute approximate surface area is 250 Å². The molecule has 2 aromatic rings. The molecular formula is C34H50O4SeSi. The maximum absolute atomic E-state index is 7.27. The molecule has 220 valence electrons. The van der Waals surface area contributed by atoms with Crippen molar-refractivity contribution in [3.63, 3.8) is 0 Å². The molecule has 5 rings (SSSR count). The normalized spacial score (nSPS) is 31.4. The molecule has 2 aliphatic carbocycles. The number of hydrogen-bond acceptors (Lipinski definition) is 4. The predicted molar refractivity (Wildman–Crippen MR) is 167 cm³/mol. The van der Waals surface area contributed by atoms with Crippen molar-refractivity contribution in [3.05, 3.63) is 54.1 Å². The Morgan fingerprint density at radius 1 is 0.950 bits per heavy atom. The average molecular weight is 630 g/mol. The Hall–Kier alpha value is -1.30. The van der Waals surface area contributed by atoms with E-state index in [1.165, 1.54) is 22.9 Å². The fourth-order valence-electron chi connectivity index (χ4n) is 7.78. The third-order valence-corrected chi connectivity index (χ3v) is 18.4. The summed E-state index contributed by atoms with van der Waals surface area (Å²) in [5, 5.41) is 0.212. The topological polar surface area (TPSA) is 36.9 Å². The number of hydrogen-bond donors (Lipinski definition) is 0. The molecule has 0 bridgehead atoms. The van der Waals surface area contributed by atoms with Gasteiger partial charge in [-0.15, -0.1) is 0 Å². The van der Waals surface area contributed by atoms with Crippen LogP contribution >= 0.6 is 0 Å². The van der Waals surface area contributed by atoms with Crippen LogP contribution in [0.15, 0.2) is 48.5 Å². The van der Waals surface area contributed by atoms with Gasteiger partial charge >= 0.3 is 251 Å². The second-order valence-corrected chi connectivity index (χ2v) is 22.3. The van der Waals surface area contributed by atoms with Crippen LogP contribution in [0.3, 0.4) is 0 Å². The van der Waals surface area contributed by atoms with Crippen LogP contribution in [0.2, 0.25) is 18.1 Å². The van der Waals surface area contributed by atoms with Crippen LogP contribution in [-0.2, 0) is 15.6 Å². The molecule has 0 amide bonds. The zero-order chi connectivity index (χ0) is 29.0. The molecule has 4 nitrogen and oxygen atoms in total. The van der Waals surface area contributed by atoms with Crippen LogP contribution in [0.25, 0.3) is 0 Å². The maximum atomic E-state index is 7.27. The summed E-state index contributed by atoms with van der Waals surface area (Å²) in [6.45, 7) is 19.8. The van der Waals surface area contributed by atoms with Crippen molar-refractivity contribution in [3.8, 4) is 11.5 Å². The summed E-state index contributed by atoms with van der Waals surface area (Å²) < 4.78 is 27.1. The van der Waals surface area contributed by atoms with Crippen LogP contribution in [0.1, 0.15) is 72.8 Å². The minimum atomic E-state index is -1.88. The van der Waals surface area contributed by atoms with Crippen LogP contribution in [-0.4, -0.2) is 47.8 Å². The number of methoxy groups -OCH3 is 1. The Kier molecular flexibility index (Phi) is 8.11. The van der Waals surface area contributed by atoms with Crippen molar-refractivity contribution in [1.82, 2.24) is 0 Å². The van der Waals surface area contributed by atoms with Crippen LogP contribution in [0, 0.1) is 22.7 Å². The number of rotatable bonds is 7. The molecular weight excluding hydrogens is 579 g/mol. The first-order chi connectivity index (χ1) is 18.7. The van der Waals surface area contributed by atoms with Gasteiger partial charge in [-0.3, -0.25) is 0 Å². The Balaban J connectivity index is 1.54. The van der Waals surface area contributed by atoms with E-state index in [0.717, 1.165) is 30.8 Å². The summed E-state index contributed by atoms with van der Waals surface area (Å²) in [7, 11) is -0.201. The zero-order valence-corrected chi connectivity index (χ0v) is 28.8. The van der Waals surface area contributed by atoms with E-state index in [9.17, 15) is 0 Å². The van der Waals surface area contributed by atoms with Gasteiger partial charge in [-0.25, -0.2) is 0 Å². The summed E-state index contributed by atoms with van der Waals surface area (Å²) in [6, 6.07) is 17.4. The fourth-order valence-corrected chi connectivity index (χ4v) is 12.5. The van der Waals surface area contributed by atoms with Crippen LogP contribution in [0.5, 0.6) is 11.5 Å². The van der Waals surface area contributed by atoms with Gasteiger partial charge in [-0.2, -0.15) is 0 Å². The van der Waals surface area contributed by atoms with E-state index in [0.29, 0.717) is 17.9 Å². The summed E-state index contributed by atoms with van der Waals surface area (Å²) in [6.07, 6.45) is 5.85. The second kappa shape index (κ2) is 10.8. The Bertz CT molecular complexity index is 1190. The third-order valence-electron chi connectivity index (χ3n) is 11.0. The molecule has 2 fully saturated rings. The van der Waals surface area contributed by atoms with Gasteiger partial charge in [-0.1, -0.05) is 0 Å². The molecule has 2 saturated carbocycles. The van der Waals surface area contributed by atoms with E-state index in [1.807, 2.05) is 0 Å². The van der Waals surface area contributed by atoms with Gasteiger partial charge in [-0.05, 0) is 0 Å². The molecule has 2 aromatic carbocycles. The molecule has 1 aliphatic heterocycles. The number of ether oxygens (including phenoxy) is 3. The van der Waals surface area contributed by atoms with E-state index in [2.05, 4.69) is 103 Å². The van der Waals surface area contributed by atoms with Gasteiger partial charge in [0.05, 0.1) is 0 Å². The van der Waals surface area contributed by atoms with Crippen molar-refractivity contribution in [1.29, 1.82) is 0 Å².